The van der Waals surface area contributed by atoms with E-state index in [1.54, 1.807) is 0 Å². The molecular weight excluding hydrogens is 539 g/mol. The van der Waals surface area contributed by atoms with Gasteiger partial charge in [0.15, 0.2) is 0 Å². The molecule has 4 rings (SSSR count). The molecule has 0 radical (unpaired) electrons. The summed E-state index contributed by atoms with van der Waals surface area (Å²) in [7, 11) is 0. The maximum atomic E-state index is 5.75. The number of thiocarbonyl (C=S) groups is 1. The Kier molecular flexibility index (Phi) is 7.63. The second-order valence-corrected chi connectivity index (χ2v) is 63.6. The highest BCUT2D eigenvalue weighted by Crippen LogP contribution is 3.30. The van der Waals surface area contributed by atoms with Crippen molar-refractivity contribution in [2.24, 2.45) is 11.7 Å². The van der Waals surface area contributed by atoms with Gasteiger partial charge >= 0.3 is 0 Å². The Morgan fingerprint density at radius 2 is 0.900 bits per heavy atom. The predicted molar refractivity (Wildman–Crippen MR) is 134 cm³/mol. The Morgan fingerprint density at radius 3 is 1.00 bits per heavy atom. The zero-order valence-electron chi connectivity index (χ0n) is 9.93. The Morgan fingerprint density at radius 1 is 0.750 bits per heavy atom. The molecule has 16 heteroatoms. The SMILES string of the molecule is CC(C)C(N)=S.S=P12SP3(=S)SP(=S)(S1)SP(=S)(S2)S3. The van der Waals surface area contributed by atoms with E-state index in [-0.39, 0.29) is 0 Å². The van der Waals surface area contributed by atoms with Gasteiger partial charge in [0.05, 0.1) is 4.99 Å². The third kappa shape index (κ3) is 5.30. The molecule has 0 atom stereocenters. The summed E-state index contributed by atoms with van der Waals surface area (Å²) in [6, 6.07) is 0. The van der Waals surface area contributed by atoms with Crippen molar-refractivity contribution >= 4 is 145 Å². The third-order valence-corrected chi connectivity index (χ3v) is 98.2. The first-order valence-electron chi connectivity index (χ1n) is 4.86. The van der Waals surface area contributed by atoms with Crippen LogP contribution in [-0.2, 0) is 47.2 Å². The summed E-state index contributed by atoms with van der Waals surface area (Å²) in [5.74, 6) is 0.361. The van der Waals surface area contributed by atoms with Gasteiger partial charge in [-0.05, 0) is 66.0 Å². The summed E-state index contributed by atoms with van der Waals surface area (Å²) >= 11 is 39.1. The van der Waals surface area contributed by atoms with Crippen molar-refractivity contribution in [2.45, 2.75) is 13.8 Å². The molecule has 4 saturated heterocycles. The number of hydrogen-bond donors (Lipinski definition) is 1. The normalized spacial score (nSPS) is 48.8. The minimum absolute atomic E-state index is 0.361. The third-order valence-electron chi connectivity index (χ3n) is 1.77. The molecule has 0 aromatic carbocycles. The smallest absolute Gasteiger partial charge is 0.128 e. The van der Waals surface area contributed by atoms with Crippen LogP contribution in [0.15, 0.2) is 0 Å². The molecule has 0 aliphatic carbocycles. The summed E-state index contributed by atoms with van der Waals surface area (Å²) in [4.78, 5) is 0.593. The van der Waals surface area contributed by atoms with E-state index in [9.17, 15) is 0 Å². The lowest BCUT2D eigenvalue weighted by atomic mass is 10.2. The largest absolute Gasteiger partial charge is 0.393 e. The summed E-state index contributed by atoms with van der Waals surface area (Å²) in [6.07, 6.45) is 0. The van der Waals surface area contributed by atoms with E-state index < -0.39 is 14.6 Å². The summed E-state index contributed by atoms with van der Waals surface area (Å²) in [5, 5.41) is 0. The van der Waals surface area contributed by atoms with E-state index in [1.807, 2.05) is 79.9 Å². The lowest BCUT2D eigenvalue weighted by Crippen LogP contribution is -2.14. The quantitative estimate of drug-likeness (QED) is 0.253. The van der Waals surface area contributed by atoms with Crippen molar-refractivity contribution in [1.29, 1.82) is 0 Å². The summed E-state index contributed by atoms with van der Waals surface area (Å²) < 4.78 is -5.64. The molecule has 1 nitrogen and oxygen atoms in total. The minimum Gasteiger partial charge on any atom is -0.393 e. The van der Waals surface area contributed by atoms with Gasteiger partial charge in [-0.2, -0.15) is 0 Å². The maximum absolute atomic E-state index is 5.75. The van der Waals surface area contributed by atoms with Crippen molar-refractivity contribution in [3.63, 3.8) is 0 Å². The van der Waals surface area contributed by atoms with Crippen LogP contribution in [0.1, 0.15) is 13.8 Å². The van der Waals surface area contributed by atoms with Gasteiger partial charge in [0.2, 0.25) is 0 Å². The van der Waals surface area contributed by atoms with Crippen LogP contribution in [-0.4, -0.2) is 4.99 Å². The second-order valence-electron chi connectivity index (χ2n) is 3.84. The van der Waals surface area contributed by atoms with Gasteiger partial charge in [-0.3, -0.25) is 0 Å². The molecule has 4 aliphatic rings. The van der Waals surface area contributed by atoms with Crippen LogP contribution >= 0.6 is 92.8 Å². The van der Waals surface area contributed by atoms with Crippen LogP contribution in [0.5, 0.6) is 0 Å². The average molecular weight is 548 g/mol. The lowest BCUT2D eigenvalue weighted by molar-refractivity contribution is 0.891. The highest BCUT2D eigenvalue weighted by Gasteiger charge is 2.60. The van der Waals surface area contributed by atoms with Crippen LogP contribution in [0.4, 0.5) is 0 Å². The molecule has 20 heavy (non-hydrogen) atoms. The first-order chi connectivity index (χ1) is 8.89. The van der Waals surface area contributed by atoms with E-state index in [0.717, 1.165) is 0 Å². The standard InChI is InChI=1S/C4H9NS.P4S10/c1-3(2)4(5)6;5-1-9-2(6)12-3(7,10-1)14-4(8,11-1)13-2/h3H,1-2H3,(H2,5,6);. The van der Waals surface area contributed by atoms with E-state index in [0.29, 0.717) is 10.9 Å². The predicted octanol–water partition coefficient (Wildman–Crippen LogP) is 8.25. The molecule has 4 bridgehead atoms. The molecule has 4 aliphatic heterocycles. The minimum atomic E-state index is -1.41. The van der Waals surface area contributed by atoms with Crippen LogP contribution in [0, 0.1) is 5.92 Å². The Hall–Kier alpha value is 4.59. The molecule has 0 saturated carbocycles. The summed E-state index contributed by atoms with van der Waals surface area (Å²) in [5.41, 5.74) is 5.17. The van der Waals surface area contributed by atoms with Crippen LogP contribution in [0.2, 0.25) is 0 Å². The van der Waals surface area contributed by atoms with Gasteiger partial charge in [0.25, 0.3) is 0 Å². The van der Waals surface area contributed by atoms with E-state index >= 15 is 0 Å². The van der Waals surface area contributed by atoms with Crippen molar-refractivity contribution in [3.8, 4) is 0 Å². The second kappa shape index (κ2) is 7.31. The van der Waals surface area contributed by atoms with Crippen molar-refractivity contribution in [3.05, 3.63) is 0 Å². The molecule has 116 valence electrons. The Labute approximate surface area is 168 Å². The van der Waals surface area contributed by atoms with Crippen molar-refractivity contribution < 1.29 is 0 Å². The maximum Gasteiger partial charge on any atom is 0.128 e. The van der Waals surface area contributed by atoms with Crippen molar-refractivity contribution in [1.82, 2.24) is 0 Å². The fourth-order valence-electron chi connectivity index (χ4n) is 0.914. The van der Waals surface area contributed by atoms with Gasteiger partial charge in [0, 0.05) is 5.92 Å². The monoisotopic (exact) mass is 547 g/mol. The van der Waals surface area contributed by atoms with E-state index in [1.165, 1.54) is 0 Å². The number of rotatable bonds is 1. The topological polar surface area (TPSA) is 26.0 Å². The highest BCUT2D eigenvalue weighted by molar-refractivity contribution is 9.83. The van der Waals surface area contributed by atoms with E-state index in [2.05, 4.69) is 12.2 Å². The van der Waals surface area contributed by atoms with Crippen molar-refractivity contribution in [2.75, 3.05) is 0 Å². The molecule has 4 heterocycles. The Balaban J connectivity index is 0.000000212. The molecular formula is C4H9NP4S11. The zero-order valence-corrected chi connectivity index (χ0v) is 22.5. The fraction of sp³-hybridized carbons (Fsp3) is 0.750. The number of nitrogens with two attached hydrogens (primary N) is 1. The van der Waals surface area contributed by atoms with Gasteiger partial charge in [-0.15, -0.1) is 0 Å². The van der Waals surface area contributed by atoms with Gasteiger partial charge in [0.1, 0.15) is 14.6 Å². The first-order valence-corrected chi connectivity index (χ1v) is 28.6. The number of hydrogen-bond acceptors (Lipinski definition) is 11. The Bertz CT molecular complexity index is 486. The molecule has 4 fully saturated rings. The van der Waals surface area contributed by atoms with Gasteiger partial charge < -0.3 is 5.73 Å². The van der Waals surface area contributed by atoms with Crippen LogP contribution < -0.4 is 5.73 Å². The molecule has 0 aromatic heterocycles. The zero-order chi connectivity index (χ0) is 15.4. The highest BCUT2D eigenvalue weighted by atomic mass is 34.1. The summed E-state index contributed by atoms with van der Waals surface area (Å²) in [6.45, 7) is 3.95. The molecule has 0 aromatic rings. The van der Waals surface area contributed by atoms with Gasteiger partial charge in [-0.25, -0.2) is 0 Å². The molecule has 2 N–H and O–H groups in total. The molecule has 0 unspecified atom stereocenters. The van der Waals surface area contributed by atoms with Gasteiger partial charge in [-0.1, -0.05) is 73.3 Å². The molecule has 0 spiro atoms. The average Bonchev–Trinajstić information content (AvgIpc) is 2.06. The first kappa shape index (κ1) is 20.9. The van der Waals surface area contributed by atoms with Crippen LogP contribution in [0.3, 0.4) is 0 Å². The van der Waals surface area contributed by atoms with E-state index in [4.69, 9.17) is 53.0 Å². The fourth-order valence-corrected chi connectivity index (χ4v) is 222. The molecule has 0 amide bonds. The van der Waals surface area contributed by atoms with Crippen LogP contribution in [0.25, 0.3) is 0 Å². The lowest BCUT2D eigenvalue weighted by Gasteiger charge is -2.51.